The molecule has 0 bridgehead atoms. The highest BCUT2D eigenvalue weighted by Gasteiger charge is 2.50. The quantitative estimate of drug-likeness (QED) is 0.154. The molecule has 7 aromatic carbocycles. The minimum absolute atomic E-state index is 0.577. The summed E-state index contributed by atoms with van der Waals surface area (Å²) >= 11 is 1.86. The van der Waals surface area contributed by atoms with Crippen LogP contribution in [0.1, 0.15) is 34.7 Å². The molecule has 0 aliphatic carbocycles. The molecule has 2 aliphatic heterocycles. The molecule has 2 nitrogen and oxygen atoms in total. The third-order valence-electron chi connectivity index (χ3n) is 10.4. The highest BCUT2D eigenvalue weighted by molar-refractivity contribution is 7.99. The lowest BCUT2D eigenvalue weighted by atomic mass is 9.63. The summed E-state index contributed by atoms with van der Waals surface area (Å²) in [4.78, 5) is 4.88. The van der Waals surface area contributed by atoms with Crippen LogP contribution in [0.15, 0.2) is 211 Å². The van der Waals surface area contributed by atoms with Crippen molar-refractivity contribution in [2.45, 2.75) is 22.1 Å². The Hall–Kier alpha value is -6.29. The summed E-state index contributed by atoms with van der Waals surface area (Å²) in [6, 6.07) is 61.3. The largest absolute Gasteiger partial charge is 0.457 e. The van der Waals surface area contributed by atoms with E-state index in [0.717, 1.165) is 39.7 Å². The van der Waals surface area contributed by atoms with Crippen LogP contribution in [-0.4, -0.2) is 0 Å². The zero-order valence-corrected chi connectivity index (χ0v) is 30.3. The number of ether oxygens (including phenoxy) is 1. The lowest BCUT2D eigenvalue weighted by Crippen LogP contribution is -2.37. The van der Waals surface area contributed by atoms with Gasteiger partial charge in [0.2, 0.25) is 0 Å². The first-order valence-electron chi connectivity index (χ1n) is 18.0. The fraction of sp³-hybridized carbons (Fsp3) is 0.0400. The summed E-state index contributed by atoms with van der Waals surface area (Å²) in [6.45, 7) is 5.95. The van der Waals surface area contributed by atoms with Crippen LogP contribution in [0.25, 0.3) is 16.7 Å². The number of benzene rings is 7. The Labute approximate surface area is 316 Å². The molecule has 3 heteroatoms. The van der Waals surface area contributed by atoms with Crippen molar-refractivity contribution in [1.29, 1.82) is 0 Å². The van der Waals surface area contributed by atoms with E-state index in [1.54, 1.807) is 6.08 Å². The van der Waals surface area contributed by atoms with Gasteiger partial charge in [-0.3, -0.25) is 0 Å². The van der Waals surface area contributed by atoms with Crippen molar-refractivity contribution >= 4 is 34.4 Å². The number of nitrogens with zero attached hydrogens (tertiary/aromatic N) is 1. The van der Waals surface area contributed by atoms with Crippen LogP contribution in [0, 0.1) is 0 Å². The van der Waals surface area contributed by atoms with Gasteiger partial charge in [-0.1, -0.05) is 164 Å². The van der Waals surface area contributed by atoms with Gasteiger partial charge < -0.3 is 9.64 Å². The van der Waals surface area contributed by atoms with E-state index in [1.807, 2.05) is 23.9 Å². The molecule has 0 unspecified atom stereocenters. The third-order valence-corrected chi connectivity index (χ3v) is 11.6. The van der Waals surface area contributed by atoms with E-state index in [-0.39, 0.29) is 0 Å². The van der Waals surface area contributed by atoms with Gasteiger partial charge in [0.05, 0.1) is 11.1 Å². The van der Waals surface area contributed by atoms with Crippen LogP contribution in [0.3, 0.4) is 0 Å². The molecular formula is C50H37NOS. The van der Waals surface area contributed by atoms with Gasteiger partial charge in [-0.2, -0.15) is 0 Å². The second-order valence-corrected chi connectivity index (χ2v) is 14.4. The Balaban J connectivity index is 1.28. The smallest absolute Gasteiger partial charge is 0.132 e. The number of anilines is 3. The lowest BCUT2D eigenvalue weighted by Gasteiger charge is -2.46. The Morgan fingerprint density at radius 1 is 0.566 bits per heavy atom. The molecule has 2 heterocycles. The van der Waals surface area contributed by atoms with Crippen molar-refractivity contribution in [1.82, 2.24) is 0 Å². The molecule has 0 N–H and O–H groups in total. The number of rotatable bonds is 7. The van der Waals surface area contributed by atoms with Crippen molar-refractivity contribution in [3.8, 4) is 22.6 Å². The molecule has 0 radical (unpaired) electrons. The third kappa shape index (κ3) is 5.53. The molecule has 0 saturated carbocycles. The number of para-hydroxylation sites is 2. The minimum Gasteiger partial charge on any atom is -0.457 e. The molecule has 0 aromatic heterocycles. The molecule has 9 rings (SSSR count). The van der Waals surface area contributed by atoms with Gasteiger partial charge in [-0.25, -0.2) is 0 Å². The van der Waals surface area contributed by atoms with Gasteiger partial charge >= 0.3 is 0 Å². The number of hydrogen-bond donors (Lipinski definition) is 0. The van der Waals surface area contributed by atoms with Gasteiger partial charge in [0.15, 0.2) is 0 Å². The van der Waals surface area contributed by atoms with E-state index in [0.29, 0.717) is 0 Å². The molecule has 0 saturated heterocycles. The first-order valence-corrected chi connectivity index (χ1v) is 18.8. The molecule has 53 heavy (non-hydrogen) atoms. The highest BCUT2D eigenvalue weighted by atomic mass is 32.2. The molecular weight excluding hydrogens is 663 g/mol. The maximum Gasteiger partial charge on any atom is 0.132 e. The van der Waals surface area contributed by atoms with Crippen LogP contribution in [0.2, 0.25) is 0 Å². The van der Waals surface area contributed by atoms with E-state index in [9.17, 15) is 0 Å². The van der Waals surface area contributed by atoms with Gasteiger partial charge in [-0.05, 0) is 88.8 Å². The summed E-state index contributed by atoms with van der Waals surface area (Å²) in [6.07, 6.45) is 7.91. The lowest BCUT2D eigenvalue weighted by molar-refractivity contribution is 0.431. The molecule has 2 aliphatic rings. The van der Waals surface area contributed by atoms with Crippen LogP contribution < -0.4 is 9.64 Å². The van der Waals surface area contributed by atoms with Crippen LogP contribution >= 0.6 is 11.8 Å². The summed E-state index contributed by atoms with van der Waals surface area (Å²) in [5, 5.41) is 0. The average molecular weight is 700 g/mol. The summed E-state index contributed by atoms with van der Waals surface area (Å²) in [7, 11) is 0. The molecule has 254 valence electrons. The first kappa shape index (κ1) is 32.6. The predicted molar refractivity (Wildman–Crippen MR) is 222 cm³/mol. The number of fused-ring (bicyclic) bond motifs is 8. The van der Waals surface area contributed by atoms with Gasteiger partial charge in [0, 0.05) is 32.3 Å². The SMILES string of the molecule is C=C/C=C\C=C(/C)c1ccc(N(c2ccc(-c3ccccc3)cc2)c2cccc3c2Sc2ccccc2C32c3ccccc3Oc3ccccc32)cc1. The van der Waals surface area contributed by atoms with Gasteiger partial charge in [0.25, 0.3) is 0 Å². The molecule has 0 fully saturated rings. The maximum absolute atomic E-state index is 6.63. The Bertz CT molecular complexity index is 2470. The molecule has 1 spiro atoms. The Morgan fingerprint density at radius 2 is 1.13 bits per heavy atom. The Morgan fingerprint density at radius 3 is 1.81 bits per heavy atom. The Kier molecular flexibility index (Phi) is 8.42. The van der Waals surface area contributed by atoms with Crippen LogP contribution in [0.5, 0.6) is 11.5 Å². The number of hydrogen-bond acceptors (Lipinski definition) is 3. The van der Waals surface area contributed by atoms with E-state index in [4.69, 9.17) is 4.74 Å². The van der Waals surface area contributed by atoms with Gasteiger partial charge in [-0.15, -0.1) is 0 Å². The summed E-state index contributed by atoms with van der Waals surface area (Å²) in [5.74, 6) is 1.78. The second kappa shape index (κ2) is 13.7. The van der Waals surface area contributed by atoms with E-state index < -0.39 is 5.41 Å². The van der Waals surface area contributed by atoms with Gasteiger partial charge in [0.1, 0.15) is 11.5 Å². The second-order valence-electron chi connectivity index (χ2n) is 13.4. The summed E-state index contributed by atoms with van der Waals surface area (Å²) < 4.78 is 6.63. The molecule has 0 amide bonds. The average Bonchev–Trinajstić information content (AvgIpc) is 3.22. The van der Waals surface area contributed by atoms with Crippen molar-refractivity contribution < 1.29 is 4.74 Å². The summed E-state index contributed by atoms with van der Waals surface area (Å²) in [5.41, 5.74) is 12.3. The van der Waals surface area contributed by atoms with Crippen LogP contribution in [-0.2, 0) is 5.41 Å². The predicted octanol–water partition coefficient (Wildman–Crippen LogP) is 13.9. The minimum atomic E-state index is -0.577. The fourth-order valence-corrected chi connectivity index (χ4v) is 9.20. The standard InChI is InChI=1S/C50H37NOS/c1-3-4-6-16-35(2)36-27-31-39(32-28-36)51(40-33-29-38(30-34-40)37-17-7-5-8-18-37)45-23-15-22-44-49(45)53-48-26-14-11-21-43(48)50(44)41-19-9-12-24-46(41)52-47-25-13-10-20-42(47)50/h3-34H,1H2,2H3/b6-4-,35-16+. The monoisotopic (exact) mass is 699 g/mol. The van der Waals surface area contributed by atoms with E-state index in [2.05, 4.69) is 194 Å². The van der Waals surface area contributed by atoms with E-state index >= 15 is 0 Å². The zero-order chi connectivity index (χ0) is 35.8. The van der Waals surface area contributed by atoms with Crippen LogP contribution in [0.4, 0.5) is 17.1 Å². The van der Waals surface area contributed by atoms with Crippen molar-refractivity contribution in [3.05, 3.63) is 229 Å². The zero-order valence-electron chi connectivity index (χ0n) is 29.4. The van der Waals surface area contributed by atoms with E-state index in [1.165, 1.54) is 43.2 Å². The fourth-order valence-electron chi connectivity index (χ4n) is 7.91. The van der Waals surface area contributed by atoms with Crippen molar-refractivity contribution in [2.75, 3.05) is 4.90 Å². The van der Waals surface area contributed by atoms with Crippen molar-refractivity contribution in [2.24, 2.45) is 0 Å². The highest BCUT2D eigenvalue weighted by Crippen LogP contribution is 2.63. The topological polar surface area (TPSA) is 12.5 Å². The molecule has 7 aromatic rings. The first-order chi connectivity index (χ1) is 26.2. The maximum atomic E-state index is 6.63. The molecule has 0 atom stereocenters. The number of allylic oxidation sites excluding steroid dienone is 5. The normalized spacial score (nSPS) is 13.7. The van der Waals surface area contributed by atoms with Crippen molar-refractivity contribution in [3.63, 3.8) is 0 Å².